The number of benzene rings is 1. The van der Waals surface area contributed by atoms with Gasteiger partial charge in [0, 0.05) is 18.3 Å². The van der Waals surface area contributed by atoms with Crippen LogP contribution < -0.4 is 5.73 Å². The van der Waals surface area contributed by atoms with Crippen LogP contribution in [0.4, 0.5) is 4.39 Å². The summed E-state index contributed by atoms with van der Waals surface area (Å²) in [5.41, 5.74) is 7.16. The van der Waals surface area contributed by atoms with Crippen molar-refractivity contribution in [2.75, 3.05) is 6.54 Å². The Labute approximate surface area is 99.5 Å². The van der Waals surface area contributed by atoms with E-state index in [0.29, 0.717) is 13.1 Å². The SMILES string of the molecule is Cl.NCCn1ccc(-c2ccc(F)cc2)n1. The first kappa shape index (κ1) is 12.7. The summed E-state index contributed by atoms with van der Waals surface area (Å²) >= 11 is 0. The first-order valence-corrected chi connectivity index (χ1v) is 4.79. The molecule has 0 amide bonds. The van der Waals surface area contributed by atoms with Gasteiger partial charge in [-0.15, -0.1) is 12.4 Å². The van der Waals surface area contributed by atoms with Gasteiger partial charge < -0.3 is 5.73 Å². The Morgan fingerprint density at radius 1 is 1.19 bits per heavy atom. The normalized spacial score (nSPS) is 9.88. The molecule has 0 saturated carbocycles. The molecular weight excluding hydrogens is 229 g/mol. The Bertz CT molecular complexity index is 439. The van der Waals surface area contributed by atoms with Gasteiger partial charge in [-0.2, -0.15) is 5.10 Å². The van der Waals surface area contributed by atoms with E-state index in [0.717, 1.165) is 11.3 Å². The predicted molar refractivity (Wildman–Crippen MR) is 63.9 cm³/mol. The zero-order valence-electron chi connectivity index (χ0n) is 8.64. The number of rotatable bonds is 3. The molecule has 2 N–H and O–H groups in total. The first-order valence-electron chi connectivity index (χ1n) is 4.79. The van der Waals surface area contributed by atoms with Crippen LogP contribution in [0.2, 0.25) is 0 Å². The van der Waals surface area contributed by atoms with Gasteiger partial charge in [-0.1, -0.05) is 0 Å². The number of hydrogen-bond donors (Lipinski definition) is 1. The average Bonchev–Trinajstić information content (AvgIpc) is 2.68. The highest BCUT2D eigenvalue weighted by Gasteiger charge is 2.01. The second-order valence-corrected chi connectivity index (χ2v) is 3.26. The number of nitrogens with two attached hydrogens (primary N) is 1. The molecule has 2 rings (SSSR count). The van der Waals surface area contributed by atoms with Crippen LogP contribution in [0, 0.1) is 5.82 Å². The lowest BCUT2D eigenvalue weighted by Crippen LogP contribution is -2.09. The number of nitrogens with zero attached hydrogens (tertiary/aromatic N) is 2. The van der Waals surface area contributed by atoms with Crippen LogP contribution in [-0.2, 0) is 6.54 Å². The summed E-state index contributed by atoms with van der Waals surface area (Å²) in [5.74, 6) is -0.236. The van der Waals surface area contributed by atoms with E-state index in [1.54, 1.807) is 16.8 Å². The maximum absolute atomic E-state index is 12.7. The molecule has 0 atom stereocenters. The minimum atomic E-state index is -0.236. The van der Waals surface area contributed by atoms with Gasteiger partial charge in [0.15, 0.2) is 0 Å². The summed E-state index contributed by atoms with van der Waals surface area (Å²) in [7, 11) is 0. The van der Waals surface area contributed by atoms with Gasteiger partial charge in [0.05, 0.1) is 12.2 Å². The molecule has 0 saturated heterocycles. The van der Waals surface area contributed by atoms with Gasteiger partial charge in [-0.3, -0.25) is 4.68 Å². The van der Waals surface area contributed by atoms with Gasteiger partial charge in [0.1, 0.15) is 5.82 Å². The molecule has 2 aromatic rings. The zero-order valence-corrected chi connectivity index (χ0v) is 9.45. The Hall–Kier alpha value is -1.39. The summed E-state index contributed by atoms with van der Waals surface area (Å²) < 4.78 is 14.5. The maximum Gasteiger partial charge on any atom is 0.123 e. The van der Waals surface area contributed by atoms with E-state index in [1.165, 1.54) is 12.1 Å². The molecular formula is C11H13ClFN3. The van der Waals surface area contributed by atoms with Crippen molar-refractivity contribution < 1.29 is 4.39 Å². The minimum absolute atomic E-state index is 0. The molecule has 0 aliphatic rings. The molecule has 16 heavy (non-hydrogen) atoms. The lowest BCUT2D eigenvalue weighted by atomic mass is 10.1. The first-order chi connectivity index (χ1) is 7.29. The second-order valence-electron chi connectivity index (χ2n) is 3.26. The van der Waals surface area contributed by atoms with Crippen molar-refractivity contribution >= 4 is 12.4 Å². The van der Waals surface area contributed by atoms with E-state index in [2.05, 4.69) is 5.10 Å². The fraction of sp³-hybridized carbons (Fsp3) is 0.182. The minimum Gasteiger partial charge on any atom is -0.329 e. The summed E-state index contributed by atoms with van der Waals surface area (Å²) in [5, 5.41) is 4.31. The molecule has 0 bridgehead atoms. The average molecular weight is 242 g/mol. The second kappa shape index (κ2) is 5.63. The van der Waals surface area contributed by atoms with Gasteiger partial charge in [-0.05, 0) is 30.3 Å². The predicted octanol–water partition coefficient (Wildman–Crippen LogP) is 2.07. The van der Waals surface area contributed by atoms with E-state index in [9.17, 15) is 4.39 Å². The molecule has 0 unspecified atom stereocenters. The maximum atomic E-state index is 12.7. The molecule has 0 aliphatic heterocycles. The molecule has 0 fully saturated rings. The van der Waals surface area contributed by atoms with Crippen molar-refractivity contribution in [1.82, 2.24) is 9.78 Å². The van der Waals surface area contributed by atoms with Crippen LogP contribution in [0.25, 0.3) is 11.3 Å². The lowest BCUT2D eigenvalue weighted by molar-refractivity contribution is 0.625. The van der Waals surface area contributed by atoms with Crippen LogP contribution in [-0.4, -0.2) is 16.3 Å². The third-order valence-electron chi connectivity index (χ3n) is 2.14. The Kier molecular flexibility index (Phi) is 4.46. The molecule has 0 aliphatic carbocycles. The zero-order chi connectivity index (χ0) is 10.7. The third kappa shape index (κ3) is 2.81. The molecule has 1 aromatic carbocycles. The fourth-order valence-electron chi connectivity index (χ4n) is 1.39. The van der Waals surface area contributed by atoms with Gasteiger partial charge >= 0.3 is 0 Å². The standard InChI is InChI=1S/C11H12FN3.ClH/c12-10-3-1-9(2-4-10)11-5-7-15(14-11)8-6-13;/h1-5,7H,6,8,13H2;1H. The topological polar surface area (TPSA) is 43.8 Å². The largest absolute Gasteiger partial charge is 0.329 e. The van der Waals surface area contributed by atoms with Crippen molar-refractivity contribution in [2.24, 2.45) is 5.73 Å². The molecule has 0 spiro atoms. The molecule has 1 aromatic heterocycles. The van der Waals surface area contributed by atoms with E-state index in [1.807, 2.05) is 12.3 Å². The summed E-state index contributed by atoms with van der Waals surface area (Å²) in [6, 6.07) is 8.17. The van der Waals surface area contributed by atoms with Gasteiger partial charge in [0.25, 0.3) is 0 Å². The van der Waals surface area contributed by atoms with Crippen molar-refractivity contribution in [3.8, 4) is 11.3 Å². The van der Waals surface area contributed by atoms with E-state index in [-0.39, 0.29) is 18.2 Å². The Morgan fingerprint density at radius 3 is 2.50 bits per heavy atom. The molecule has 1 heterocycles. The van der Waals surface area contributed by atoms with Crippen molar-refractivity contribution in [3.63, 3.8) is 0 Å². The van der Waals surface area contributed by atoms with Crippen LogP contribution >= 0.6 is 12.4 Å². The molecule has 0 radical (unpaired) electrons. The number of aromatic nitrogens is 2. The monoisotopic (exact) mass is 241 g/mol. The highest BCUT2D eigenvalue weighted by Crippen LogP contribution is 2.16. The van der Waals surface area contributed by atoms with Crippen LogP contribution in [0.1, 0.15) is 0 Å². The van der Waals surface area contributed by atoms with Gasteiger partial charge in [-0.25, -0.2) is 4.39 Å². The fourth-order valence-corrected chi connectivity index (χ4v) is 1.39. The smallest absolute Gasteiger partial charge is 0.123 e. The van der Waals surface area contributed by atoms with Gasteiger partial charge in [0.2, 0.25) is 0 Å². The van der Waals surface area contributed by atoms with Crippen LogP contribution in [0.3, 0.4) is 0 Å². The number of halogens is 2. The quantitative estimate of drug-likeness (QED) is 0.894. The van der Waals surface area contributed by atoms with Crippen LogP contribution in [0.15, 0.2) is 36.5 Å². The van der Waals surface area contributed by atoms with Crippen molar-refractivity contribution in [1.29, 1.82) is 0 Å². The van der Waals surface area contributed by atoms with E-state index < -0.39 is 0 Å². The summed E-state index contributed by atoms with van der Waals surface area (Å²) in [6.45, 7) is 1.26. The van der Waals surface area contributed by atoms with Crippen LogP contribution in [0.5, 0.6) is 0 Å². The van der Waals surface area contributed by atoms with E-state index >= 15 is 0 Å². The molecule has 3 nitrogen and oxygen atoms in total. The highest BCUT2D eigenvalue weighted by atomic mass is 35.5. The van der Waals surface area contributed by atoms with Crippen molar-refractivity contribution in [3.05, 3.63) is 42.3 Å². The third-order valence-corrected chi connectivity index (χ3v) is 2.14. The Balaban J connectivity index is 0.00000128. The number of hydrogen-bond acceptors (Lipinski definition) is 2. The summed E-state index contributed by atoms with van der Waals surface area (Å²) in [6.07, 6.45) is 1.87. The summed E-state index contributed by atoms with van der Waals surface area (Å²) in [4.78, 5) is 0. The molecule has 5 heteroatoms. The lowest BCUT2D eigenvalue weighted by Gasteiger charge is -1.97. The highest BCUT2D eigenvalue weighted by molar-refractivity contribution is 5.85. The van der Waals surface area contributed by atoms with E-state index in [4.69, 9.17) is 5.73 Å². The van der Waals surface area contributed by atoms with Crippen molar-refractivity contribution in [2.45, 2.75) is 6.54 Å². The Morgan fingerprint density at radius 2 is 1.88 bits per heavy atom. The molecule has 86 valence electrons.